The number of hydrogen-bond donors (Lipinski definition) is 0. The number of cyclic esters (lactones) is 1. The molecule has 4 heteroatoms. The first-order valence-electron chi connectivity index (χ1n) is 5.86. The lowest BCUT2D eigenvalue weighted by molar-refractivity contribution is -0.129. The Hall–Kier alpha value is -2.62. The van der Waals surface area contributed by atoms with Crippen molar-refractivity contribution in [1.82, 2.24) is 0 Å². The SMILES string of the molecule is Cc1ccccc1C1=N/C(=C/c2ccco2)C(=O)O1. The van der Waals surface area contributed by atoms with E-state index < -0.39 is 5.97 Å². The summed E-state index contributed by atoms with van der Waals surface area (Å²) in [5, 5.41) is 0. The van der Waals surface area contributed by atoms with Crippen molar-refractivity contribution in [1.29, 1.82) is 0 Å². The van der Waals surface area contributed by atoms with Crippen LogP contribution in [0.1, 0.15) is 16.9 Å². The maximum Gasteiger partial charge on any atom is 0.363 e. The number of aryl methyl sites for hydroxylation is 1. The minimum absolute atomic E-state index is 0.244. The van der Waals surface area contributed by atoms with Crippen LogP contribution in [0.5, 0.6) is 0 Å². The topological polar surface area (TPSA) is 51.8 Å². The lowest BCUT2D eigenvalue weighted by atomic mass is 10.1. The van der Waals surface area contributed by atoms with Gasteiger partial charge in [-0.25, -0.2) is 9.79 Å². The number of carbonyl (C=O) groups excluding carboxylic acids is 1. The van der Waals surface area contributed by atoms with E-state index in [-0.39, 0.29) is 5.70 Å². The summed E-state index contributed by atoms with van der Waals surface area (Å²) in [5.74, 6) is 0.442. The largest absolute Gasteiger partial charge is 0.465 e. The maximum atomic E-state index is 11.7. The van der Waals surface area contributed by atoms with Crippen LogP contribution in [0.2, 0.25) is 0 Å². The standard InChI is InChI=1S/C15H11NO3/c1-10-5-2-3-7-12(10)14-16-13(15(17)19-14)9-11-6-4-8-18-11/h2-9H,1H3/b13-9+. The smallest absolute Gasteiger partial charge is 0.363 e. The van der Waals surface area contributed by atoms with Gasteiger partial charge in [0.2, 0.25) is 5.90 Å². The molecule has 1 aromatic heterocycles. The van der Waals surface area contributed by atoms with Crippen LogP contribution in [0, 0.1) is 6.92 Å². The van der Waals surface area contributed by atoms with E-state index in [9.17, 15) is 4.79 Å². The monoisotopic (exact) mass is 253 g/mol. The molecule has 0 saturated carbocycles. The Morgan fingerprint density at radius 1 is 1.16 bits per heavy atom. The van der Waals surface area contributed by atoms with Crippen molar-refractivity contribution in [2.75, 3.05) is 0 Å². The normalized spacial score (nSPS) is 16.6. The second kappa shape index (κ2) is 4.57. The fourth-order valence-electron chi connectivity index (χ4n) is 1.85. The molecular formula is C15H11NO3. The molecular weight excluding hydrogens is 242 g/mol. The summed E-state index contributed by atoms with van der Waals surface area (Å²) in [4.78, 5) is 16.0. The summed E-state index contributed by atoms with van der Waals surface area (Å²) in [5.41, 5.74) is 2.07. The average Bonchev–Trinajstić information content (AvgIpc) is 3.02. The van der Waals surface area contributed by atoms with Crippen molar-refractivity contribution < 1.29 is 13.9 Å². The highest BCUT2D eigenvalue weighted by Crippen LogP contribution is 2.20. The number of furan rings is 1. The molecule has 4 nitrogen and oxygen atoms in total. The van der Waals surface area contributed by atoms with Gasteiger partial charge in [0, 0.05) is 11.6 Å². The zero-order chi connectivity index (χ0) is 13.2. The first kappa shape index (κ1) is 11.5. The van der Waals surface area contributed by atoms with Crippen LogP contribution in [0.4, 0.5) is 0 Å². The van der Waals surface area contributed by atoms with Gasteiger partial charge in [0.05, 0.1) is 6.26 Å². The number of nitrogens with zero attached hydrogens (tertiary/aromatic N) is 1. The molecule has 0 radical (unpaired) electrons. The zero-order valence-electron chi connectivity index (χ0n) is 10.3. The Labute approximate surface area is 110 Å². The van der Waals surface area contributed by atoms with Crippen molar-refractivity contribution in [3.8, 4) is 0 Å². The fraction of sp³-hybridized carbons (Fsp3) is 0.0667. The summed E-state index contributed by atoms with van der Waals surface area (Å²) in [6, 6.07) is 11.1. The minimum atomic E-state index is -0.463. The second-order valence-electron chi connectivity index (χ2n) is 4.17. The van der Waals surface area contributed by atoms with Crippen LogP contribution in [-0.4, -0.2) is 11.9 Å². The Balaban J connectivity index is 1.98. The number of carbonyl (C=O) groups is 1. The number of aliphatic imine (C=N–C) groups is 1. The molecule has 0 saturated heterocycles. The van der Waals surface area contributed by atoms with Crippen LogP contribution < -0.4 is 0 Å². The molecule has 0 atom stereocenters. The van der Waals surface area contributed by atoms with Crippen molar-refractivity contribution in [3.63, 3.8) is 0 Å². The molecule has 3 rings (SSSR count). The van der Waals surface area contributed by atoms with Gasteiger partial charge in [0.25, 0.3) is 0 Å². The van der Waals surface area contributed by atoms with E-state index in [0.29, 0.717) is 11.7 Å². The van der Waals surface area contributed by atoms with Crippen LogP contribution in [0.25, 0.3) is 6.08 Å². The highest BCUT2D eigenvalue weighted by molar-refractivity contribution is 6.13. The lowest BCUT2D eigenvalue weighted by Crippen LogP contribution is -2.06. The third kappa shape index (κ3) is 2.20. The number of ether oxygens (including phenoxy) is 1. The summed E-state index contributed by atoms with van der Waals surface area (Å²) in [6.45, 7) is 1.94. The van der Waals surface area contributed by atoms with E-state index in [1.165, 1.54) is 0 Å². The molecule has 1 aliphatic heterocycles. The Morgan fingerprint density at radius 3 is 2.74 bits per heavy atom. The molecule has 1 aromatic carbocycles. The van der Waals surface area contributed by atoms with E-state index in [1.54, 1.807) is 24.5 Å². The number of hydrogen-bond acceptors (Lipinski definition) is 4. The fourth-order valence-corrected chi connectivity index (χ4v) is 1.85. The molecule has 94 valence electrons. The lowest BCUT2D eigenvalue weighted by Gasteiger charge is -2.02. The number of benzene rings is 1. The first-order valence-corrected chi connectivity index (χ1v) is 5.86. The number of rotatable bonds is 2. The Morgan fingerprint density at radius 2 is 2.00 bits per heavy atom. The minimum Gasteiger partial charge on any atom is -0.465 e. The quantitative estimate of drug-likeness (QED) is 0.610. The van der Waals surface area contributed by atoms with E-state index in [0.717, 1.165) is 11.1 Å². The highest BCUT2D eigenvalue weighted by atomic mass is 16.6. The Kier molecular flexibility index (Phi) is 2.76. The highest BCUT2D eigenvalue weighted by Gasteiger charge is 2.25. The van der Waals surface area contributed by atoms with Crippen LogP contribution >= 0.6 is 0 Å². The molecule has 0 bridgehead atoms. The van der Waals surface area contributed by atoms with Gasteiger partial charge in [-0.3, -0.25) is 0 Å². The molecule has 0 unspecified atom stereocenters. The molecule has 0 fully saturated rings. The van der Waals surface area contributed by atoms with Crippen LogP contribution in [0.15, 0.2) is 57.8 Å². The van der Waals surface area contributed by atoms with E-state index >= 15 is 0 Å². The van der Waals surface area contributed by atoms with E-state index in [2.05, 4.69) is 4.99 Å². The van der Waals surface area contributed by atoms with Gasteiger partial charge in [-0.2, -0.15) is 0 Å². The third-order valence-corrected chi connectivity index (χ3v) is 2.82. The third-order valence-electron chi connectivity index (χ3n) is 2.82. The predicted molar refractivity (Wildman–Crippen MR) is 70.5 cm³/mol. The van der Waals surface area contributed by atoms with Gasteiger partial charge in [-0.05, 0) is 30.7 Å². The first-order chi connectivity index (χ1) is 9.24. The van der Waals surface area contributed by atoms with Gasteiger partial charge in [-0.15, -0.1) is 0 Å². The van der Waals surface area contributed by atoms with E-state index in [4.69, 9.17) is 9.15 Å². The molecule has 2 heterocycles. The molecule has 1 aliphatic rings. The summed E-state index contributed by atoms with van der Waals surface area (Å²) < 4.78 is 10.3. The predicted octanol–water partition coefficient (Wildman–Crippen LogP) is 2.93. The molecule has 0 spiro atoms. The van der Waals surface area contributed by atoms with Crippen molar-refractivity contribution in [3.05, 3.63) is 65.2 Å². The molecule has 0 amide bonds. The van der Waals surface area contributed by atoms with E-state index in [1.807, 2.05) is 31.2 Å². The van der Waals surface area contributed by atoms with Crippen molar-refractivity contribution in [2.45, 2.75) is 6.92 Å². The molecule has 19 heavy (non-hydrogen) atoms. The zero-order valence-corrected chi connectivity index (χ0v) is 10.3. The van der Waals surface area contributed by atoms with Gasteiger partial charge in [0.1, 0.15) is 5.76 Å². The average molecular weight is 253 g/mol. The summed E-state index contributed by atoms with van der Waals surface area (Å²) >= 11 is 0. The Bertz CT molecular complexity index is 681. The van der Waals surface area contributed by atoms with Crippen LogP contribution in [-0.2, 0) is 9.53 Å². The van der Waals surface area contributed by atoms with Crippen LogP contribution in [0.3, 0.4) is 0 Å². The van der Waals surface area contributed by atoms with Crippen molar-refractivity contribution >= 4 is 17.9 Å². The molecule has 0 N–H and O–H groups in total. The van der Waals surface area contributed by atoms with Gasteiger partial charge in [0.15, 0.2) is 5.70 Å². The molecule has 0 aliphatic carbocycles. The molecule has 2 aromatic rings. The second-order valence-corrected chi connectivity index (χ2v) is 4.17. The van der Waals surface area contributed by atoms with Crippen molar-refractivity contribution in [2.24, 2.45) is 4.99 Å². The van der Waals surface area contributed by atoms with Gasteiger partial charge < -0.3 is 9.15 Å². The maximum absolute atomic E-state index is 11.7. The summed E-state index contributed by atoms with van der Waals surface area (Å²) in [6.07, 6.45) is 3.10. The number of esters is 1. The van der Waals surface area contributed by atoms with Gasteiger partial charge in [-0.1, -0.05) is 18.2 Å². The summed E-state index contributed by atoms with van der Waals surface area (Å²) in [7, 11) is 0. The van der Waals surface area contributed by atoms with Gasteiger partial charge >= 0.3 is 5.97 Å².